The van der Waals surface area contributed by atoms with Crippen molar-refractivity contribution < 1.29 is 4.79 Å². The lowest BCUT2D eigenvalue weighted by atomic mass is 10.2. The van der Waals surface area contributed by atoms with Gasteiger partial charge >= 0.3 is 0 Å². The molecule has 4 rings (SSSR count). The van der Waals surface area contributed by atoms with Crippen LogP contribution in [-0.4, -0.2) is 20.3 Å². The number of carbonyl (C=O) groups is 1. The summed E-state index contributed by atoms with van der Waals surface area (Å²) in [5.74, 6) is 1.27. The number of thioether (sulfide) groups is 1. The van der Waals surface area contributed by atoms with Crippen LogP contribution in [0.15, 0.2) is 83.8 Å². The molecular formula is C25H24N4OS2. The first-order valence-corrected chi connectivity index (χ1v) is 11.7. The summed E-state index contributed by atoms with van der Waals surface area (Å²) in [7, 11) is 0. The summed E-state index contributed by atoms with van der Waals surface area (Å²) in [6, 6.07) is 26.0. The number of aryl methyl sites for hydroxylation is 2. The lowest BCUT2D eigenvalue weighted by Crippen LogP contribution is -2.19. The molecule has 0 atom stereocenters. The first-order chi connectivity index (χ1) is 15.5. The molecule has 0 aliphatic carbocycles. The van der Waals surface area contributed by atoms with Gasteiger partial charge in [-0.15, -0.1) is 11.8 Å². The molecule has 0 spiro atoms. The summed E-state index contributed by atoms with van der Waals surface area (Å²) < 4.78 is 4.03. The predicted molar refractivity (Wildman–Crippen MR) is 133 cm³/mol. The number of hydrogen-bond donors (Lipinski definition) is 1. The van der Waals surface area contributed by atoms with Crippen LogP contribution in [0.3, 0.4) is 0 Å². The van der Waals surface area contributed by atoms with Gasteiger partial charge in [0, 0.05) is 16.3 Å². The summed E-state index contributed by atoms with van der Waals surface area (Å²) >= 11 is 7.41. The van der Waals surface area contributed by atoms with Crippen molar-refractivity contribution in [2.24, 2.45) is 0 Å². The van der Waals surface area contributed by atoms with Crippen molar-refractivity contribution in [2.45, 2.75) is 31.0 Å². The lowest BCUT2D eigenvalue weighted by Gasteiger charge is -2.07. The van der Waals surface area contributed by atoms with E-state index in [1.54, 1.807) is 16.4 Å². The molecule has 1 N–H and O–H groups in total. The zero-order chi connectivity index (χ0) is 22.5. The molecule has 1 aromatic heterocycles. The summed E-state index contributed by atoms with van der Waals surface area (Å²) in [5.41, 5.74) is 4.06. The summed E-state index contributed by atoms with van der Waals surface area (Å²) in [4.78, 5) is 13.8. The van der Waals surface area contributed by atoms with Crippen LogP contribution in [-0.2, 0) is 17.1 Å². The van der Waals surface area contributed by atoms with Gasteiger partial charge in [0.1, 0.15) is 12.4 Å². The Kier molecular flexibility index (Phi) is 6.87. The van der Waals surface area contributed by atoms with Crippen LogP contribution in [0.5, 0.6) is 0 Å². The van der Waals surface area contributed by atoms with Crippen LogP contribution in [0.4, 0.5) is 5.69 Å². The fourth-order valence-corrected chi connectivity index (χ4v) is 4.37. The van der Waals surface area contributed by atoms with E-state index in [-0.39, 0.29) is 12.5 Å². The monoisotopic (exact) mass is 460 g/mol. The highest BCUT2D eigenvalue weighted by Crippen LogP contribution is 2.24. The molecular weight excluding hydrogens is 436 g/mol. The summed E-state index contributed by atoms with van der Waals surface area (Å²) in [6.45, 7) is 4.14. The number of nitrogens with zero attached hydrogens (tertiary/aromatic N) is 3. The number of hydrogen-bond acceptors (Lipinski definition) is 4. The third-order valence-electron chi connectivity index (χ3n) is 4.94. The van der Waals surface area contributed by atoms with Crippen molar-refractivity contribution in [3.05, 3.63) is 101 Å². The van der Waals surface area contributed by atoms with Crippen molar-refractivity contribution in [3.63, 3.8) is 0 Å². The number of para-hydroxylation sites is 1. The van der Waals surface area contributed by atoms with E-state index in [1.807, 2.05) is 66.1 Å². The fraction of sp³-hybridized carbons (Fsp3) is 0.160. The number of anilines is 1. The largest absolute Gasteiger partial charge is 0.324 e. The van der Waals surface area contributed by atoms with Gasteiger partial charge in [-0.1, -0.05) is 53.6 Å². The molecule has 1 heterocycles. The second kappa shape index (κ2) is 9.97. The number of nitrogens with one attached hydrogen (secondary N) is 1. The van der Waals surface area contributed by atoms with Gasteiger partial charge in [0.25, 0.3) is 0 Å². The molecule has 0 aliphatic heterocycles. The Balaban J connectivity index is 1.58. The van der Waals surface area contributed by atoms with E-state index in [4.69, 9.17) is 17.3 Å². The molecule has 7 heteroatoms. The Morgan fingerprint density at radius 1 is 0.938 bits per heavy atom. The number of benzene rings is 3. The van der Waals surface area contributed by atoms with Crippen molar-refractivity contribution in [3.8, 4) is 5.69 Å². The first-order valence-electron chi connectivity index (χ1n) is 10.3. The average Bonchev–Trinajstić information content (AvgIpc) is 3.10. The van der Waals surface area contributed by atoms with Gasteiger partial charge in [-0.25, -0.2) is 4.68 Å². The van der Waals surface area contributed by atoms with Crippen molar-refractivity contribution in [2.75, 3.05) is 5.32 Å². The quantitative estimate of drug-likeness (QED) is 0.273. The molecule has 0 fully saturated rings. The van der Waals surface area contributed by atoms with Crippen LogP contribution in [0.1, 0.15) is 17.0 Å². The van der Waals surface area contributed by atoms with Gasteiger partial charge < -0.3 is 5.32 Å². The highest BCUT2D eigenvalue weighted by Gasteiger charge is 2.15. The maximum absolute atomic E-state index is 12.7. The van der Waals surface area contributed by atoms with E-state index in [2.05, 4.69) is 36.5 Å². The standard InChI is InChI=1S/C25H24N4OS2/c1-18-8-12-20(13-9-18)26-24(30)16-28-25(31)29(21-6-4-3-5-7-21)23(27-28)17-32-22-14-10-19(2)11-15-22/h3-15H,16-17H2,1-2H3,(H,26,30). The van der Waals surface area contributed by atoms with Crippen LogP contribution >= 0.6 is 24.0 Å². The predicted octanol–water partition coefficient (Wildman–Crippen LogP) is 5.95. The summed E-state index contributed by atoms with van der Waals surface area (Å²) in [6.07, 6.45) is 0. The Hall–Kier alpha value is -3.16. The Labute approximate surface area is 197 Å². The van der Waals surface area contributed by atoms with Gasteiger partial charge in [-0.3, -0.25) is 9.36 Å². The molecule has 0 radical (unpaired) electrons. The SMILES string of the molecule is Cc1ccc(NC(=O)Cn2nc(CSc3ccc(C)cc3)n(-c3ccccc3)c2=S)cc1. The number of rotatable bonds is 7. The molecule has 4 aromatic rings. The van der Waals surface area contributed by atoms with E-state index in [0.29, 0.717) is 10.5 Å². The topological polar surface area (TPSA) is 51.9 Å². The third-order valence-corrected chi connectivity index (χ3v) is 6.34. The van der Waals surface area contributed by atoms with Crippen molar-refractivity contribution >= 4 is 35.6 Å². The molecule has 0 unspecified atom stereocenters. The van der Waals surface area contributed by atoms with E-state index in [0.717, 1.165) is 27.7 Å². The van der Waals surface area contributed by atoms with Gasteiger partial charge in [-0.2, -0.15) is 5.10 Å². The molecule has 0 aliphatic rings. The zero-order valence-corrected chi connectivity index (χ0v) is 19.6. The molecule has 0 bridgehead atoms. The molecule has 0 saturated carbocycles. The van der Waals surface area contributed by atoms with E-state index >= 15 is 0 Å². The van der Waals surface area contributed by atoms with Crippen LogP contribution in [0.25, 0.3) is 5.69 Å². The third kappa shape index (κ3) is 5.36. The molecule has 5 nitrogen and oxygen atoms in total. The molecule has 32 heavy (non-hydrogen) atoms. The smallest absolute Gasteiger partial charge is 0.246 e. The maximum atomic E-state index is 12.7. The molecule has 0 saturated heterocycles. The molecule has 1 amide bonds. The normalized spacial score (nSPS) is 10.8. The second-order valence-corrected chi connectivity index (χ2v) is 8.96. The summed E-state index contributed by atoms with van der Waals surface area (Å²) in [5, 5.41) is 7.62. The minimum absolute atomic E-state index is 0.0503. The Morgan fingerprint density at radius 2 is 1.56 bits per heavy atom. The van der Waals surface area contributed by atoms with Gasteiger partial charge in [0.15, 0.2) is 0 Å². The van der Waals surface area contributed by atoms with Crippen LogP contribution in [0.2, 0.25) is 0 Å². The maximum Gasteiger partial charge on any atom is 0.246 e. The van der Waals surface area contributed by atoms with E-state index < -0.39 is 0 Å². The van der Waals surface area contributed by atoms with Crippen LogP contribution < -0.4 is 5.32 Å². The molecule has 3 aromatic carbocycles. The minimum atomic E-state index is -0.166. The number of carbonyl (C=O) groups excluding carboxylic acids is 1. The van der Waals surface area contributed by atoms with Gasteiger partial charge in [0.05, 0.1) is 5.75 Å². The Bertz CT molecular complexity index is 1260. The minimum Gasteiger partial charge on any atom is -0.324 e. The van der Waals surface area contributed by atoms with Gasteiger partial charge in [-0.05, 0) is 62.5 Å². The number of amides is 1. The van der Waals surface area contributed by atoms with Crippen LogP contribution in [0, 0.1) is 18.6 Å². The highest BCUT2D eigenvalue weighted by molar-refractivity contribution is 7.98. The van der Waals surface area contributed by atoms with Crippen molar-refractivity contribution in [1.82, 2.24) is 14.3 Å². The Morgan fingerprint density at radius 3 is 2.22 bits per heavy atom. The van der Waals surface area contributed by atoms with E-state index in [1.165, 1.54) is 5.56 Å². The number of aromatic nitrogens is 3. The fourth-order valence-electron chi connectivity index (χ4n) is 3.24. The first kappa shape index (κ1) is 22.0. The second-order valence-electron chi connectivity index (χ2n) is 7.54. The molecule has 162 valence electrons. The van der Waals surface area contributed by atoms with Crippen molar-refractivity contribution in [1.29, 1.82) is 0 Å². The van der Waals surface area contributed by atoms with Gasteiger partial charge in [0.2, 0.25) is 10.7 Å². The lowest BCUT2D eigenvalue weighted by molar-refractivity contribution is -0.116. The highest BCUT2D eigenvalue weighted by atomic mass is 32.2. The van der Waals surface area contributed by atoms with E-state index in [9.17, 15) is 4.79 Å². The average molecular weight is 461 g/mol. The zero-order valence-electron chi connectivity index (χ0n) is 18.0.